The third-order valence-corrected chi connectivity index (χ3v) is 4.55. The van der Waals surface area contributed by atoms with Gasteiger partial charge in [-0.2, -0.15) is 28.9 Å². The SMILES string of the molecule is O=Cc1cc(N=Nc2ccc(N=Nc3ccc(S(=O)(=O)O)cc3)cc2)ccc1O. The van der Waals surface area contributed by atoms with Crippen molar-refractivity contribution in [1.29, 1.82) is 0 Å². The number of carbonyl (C=O) groups is 1. The summed E-state index contributed by atoms with van der Waals surface area (Å²) in [5.41, 5.74) is 2.04. The second-order valence-corrected chi connectivity index (χ2v) is 7.17. The Bertz CT molecular complexity index is 1190. The molecular formula is C19H14N4O5S. The maximum absolute atomic E-state index is 11.0. The van der Waals surface area contributed by atoms with Crippen LogP contribution < -0.4 is 0 Å². The Kier molecular flexibility index (Phi) is 5.86. The molecule has 0 radical (unpaired) electrons. The van der Waals surface area contributed by atoms with Crippen LogP contribution in [0.5, 0.6) is 5.75 Å². The van der Waals surface area contributed by atoms with E-state index in [4.69, 9.17) is 4.55 Å². The zero-order chi connectivity index (χ0) is 20.9. The number of carbonyl (C=O) groups excluding carboxylic acids is 1. The number of aromatic hydroxyl groups is 1. The molecule has 146 valence electrons. The van der Waals surface area contributed by atoms with Crippen molar-refractivity contribution in [3.8, 4) is 5.75 Å². The molecule has 0 bridgehead atoms. The van der Waals surface area contributed by atoms with Gasteiger partial charge in [0.15, 0.2) is 6.29 Å². The molecule has 2 N–H and O–H groups in total. The van der Waals surface area contributed by atoms with Gasteiger partial charge >= 0.3 is 0 Å². The van der Waals surface area contributed by atoms with Gasteiger partial charge in [0.1, 0.15) is 5.75 Å². The van der Waals surface area contributed by atoms with Gasteiger partial charge in [-0.3, -0.25) is 9.35 Å². The lowest BCUT2D eigenvalue weighted by Gasteiger charge is -1.98. The Morgan fingerprint density at radius 2 is 1.10 bits per heavy atom. The van der Waals surface area contributed by atoms with Crippen molar-refractivity contribution in [3.05, 3.63) is 72.3 Å². The Hall–Kier alpha value is -3.76. The van der Waals surface area contributed by atoms with Crippen molar-refractivity contribution in [2.75, 3.05) is 0 Å². The van der Waals surface area contributed by atoms with E-state index in [2.05, 4.69) is 20.5 Å². The molecule has 3 aromatic rings. The van der Waals surface area contributed by atoms with E-state index in [-0.39, 0.29) is 16.2 Å². The van der Waals surface area contributed by atoms with E-state index in [0.717, 1.165) is 0 Å². The van der Waals surface area contributed by atoms with Crippen molar-refractivity contribution in [2.24, 2.45) is 20.5 Å². The van der Waals surface area contributed by atoms with Crippen LogP contribution in [0.2, 0.25) is 0 Å². The molecule has 3 rings (SSSR count). The first kappa shape index (κ1) is 20.0. The van der Waals surface area contributed by atoms with E-state index in [1.807, 2.05) is 0 Å². The third-order valence-electron chi connectivity index (χ3n) is 3.68. The monoisotopic (exact) mass is 410 g/mol. The summed E-state index contributed by atoms with van der Waals surface area (Å²) >= 11 is 0. The van der Waals surface area contributed by atoms with Gasteiger partial charge in [-0.15, -0.1) is 0 Å². The van der Waals surface area contributed by atoms with Crippen molar-refractivity contribution in [1.82, 2.24) is 0 Å². The van der Waals surface area contributed by atoms with Crippen LogP contribution in [0, 0.1) is 0 Å². The maximum Gasteiger partial charge on any atom is 0.294 e. The molecule has 0 heterocycles. The summed E-state index contributed by atoms with van der Waals surface area (Å²) in [6, 6.07) is 16.3. The van der Waals surface area contributed by atoms with Crippen LogP contribution in [0.3, 0.4) is 0 Å². The summed E-state index contributed by atoms with van der Waals surface area (Å²) in [6.07, 6.45) is 0.532. The van der Waals surface area contributed by atoms with Crippen molar-refractivity contribution in [3.63, 3.8) is 0 Å². The number of azo groups is 2. The van der Waals surface area contributed by atoms with E-state index in [9.17, 15) is 18.3 Å². The van der Waals surface area contributed by atoms with Crippen LogP contribution in [0.15, 0.2) is 92.1 Å². The fraction of sp³-hybridized carbons (Fsp3) is 0. The number of phenolic OH excluding ortho intramolecular Hbond substituents is 1. The van der Waals surface area contributed by atoms with E-state index in [1.165, 1.54) is 42.5 Å². The van der Waals surface area contributed by atoms with Gasteiger partial charge in [-0.05, 0) is 66.7 Å². The first-order valence-corrected chi connectivity index (χ1v) is 9.58. The first-order valence-electron chi connectivity index (χ1n) is 8.14. The molecule has 0 aliphatic carbocycles. The Morgan fingerprint density at radius 1 is 0.690 bits per heavy atom. The molecule has 0 fully saturated rings. The van der Waals surface area contributed by atoms with E-state index >= 15 is 0 Å². The highest BCUT2D eigenvalue weighted by atomic mass is 32.2. The quantitative estimate of drug-likeness (QED) is 0.323. The van der Waals surface area contributed by atoms with E-state index in [1.54, 1.807) is 24.3 Å². The molecule has 0 aliphatic heterocycles. The molecule has 0 aromatic heterocycles. The molecule has 0 amide bonds. The van der Waals surface area contributed by atoms with Crippen LogP contribution >= 0.6 is 0 Å². The van der Waals surface area contributed by atoms with Crippen molar-refractivity contribution < 1.29 is 22.9 Å². The molecule has 0 spiro atoms. The molecule has 10 heteroatoms. The highest BCUT2D eigenvalue weighted by Gasteiger charge is 2.08. The average Bonchev–Trinajstić information content (AvgIpc) is 2.72. The Labute approximate surface area is 165 Å². The molecule has 0 saturated carbocycles. The summed E-state index contributed by atoms with van der Waals surface area (Å²) < 4.78 is 31.0. The lowest BCUT2D eigenvalue weighted by atomic mass is 10.2. The average molecular weight is 410 g/mol. The number of phenols is 1. The lowest BCUT2D eigenvalue weighted by molar-refractivity contribution is 0.112. The van der Waals surface area contributed by atoms with Crippen LogP contribution in [0.1, 0.15) is 10.4 Å². The maximum atomic E-state index is 11.0. The van der Waals surface area contributed by atoms with Gasteiger partial charge in [-0.25, -0.2) is 0 Å². The fourth-order valence-electron chi connectivity index (χ4n) is 2.20. The number of nitrogens with zero attached hydrogens (tertiary/aromatic N) is 4. The van der Waals surface area contributed by atoms with E-state index < -0.39 is 10.1 Å². The second kappa shape index (κ2) is 8.50. The zero-order valence-corrected chi connectivity index (χ0v) is 15.6. The molecule has 29 heavy (non-hydrogen) atoms. The van der Waals surface area contributed by atoms with Crippen molar-refractivity contribution in [2.45, 2.75) is 4.90 Å². The van der Waals surface area contributed by atoms with Crippen LogP contribution in [-0.4, -0.2) is 24.4 Å². The molecule has 0 saturated heterocycles. The molecule has 0 atom stereocenters. The number of rotatable bonds is 6. The van der Waals surface area contributed by atoms with E-state index in [0.29, 0.717) is 29.0 Å². The number of aldehydes is 1. The van der Waals surface area contributed by atoms with Gasteiger partial charge in [0.25, 0.3) is 10.1 Å². The fourth-order valence-corrected chi connectivity index (χ4v) is 2.68. The minimum absolute atomic E-state index is 0.124. The molecule has 0 aliphatic rings. The standard InChI is InChI=1S/C19H14N4O5S/c24-12-13-11-17(7-10-19(13)25)23-22-15-3-1-14(2-4-15)20-21-16-5-8-18(9-6-16)29(26,27)28/h1-12,25H,(H,26,27,28). The highest BCUT2D eigenvalue weighted by molar-refractivity contribution is 7.85. The van der Waals surface area contributed by atoms with Crippen molar-refractivity contribution >= 4 is 39.2 Å². The number of benzene rings is 3. The summed E-state index contributed by atoms with van der Waals surface area (Å²) in [4.78, 5) is 10.6. The van der Waals surface area contributed by atoms with Gasteiger partial charge < -0.3 is 5.11 Å². The summed E-state index contributed by atoms with van der Waals surface area (Å²) in [5, 5.41) is 25.6. The smallest absolute Gasteiger partial charge is 0.294 e. The normalized spacial score (nSPS) is 11.9. The molecular weight excluding hydrogens is 396 g/mol. The van der Waals surface area contributed by atoms with Gasteiger partial charge in [0.2, 0.25) is 0 Å². The predicted molar refractivity (Wildman–Crippen MR) is 105 cm³/mol. The molecule has 9 nitrogen and oxygen atoms in total. The van der Waals surface area contributed by atoms with Gasteiger partial charge in [-0.1, -0.05) is 0 Å². The van der Waals surface area contributed by atoms with Crippen LogP contribution in [0.25, 0.3) is 0 Å². The largest absolute Gasteiger partial charge is 0.507 e. The Morgan fingerprint density at radius 3 is 1.55 bits per heavy atom. The third kappa shape index (κ3) is 5.37. The van der Waals surface area contributed by atoms with Crippen LogP contribution in [-0.2, 0) is 10.1 Å². The zero-order valence-electron chi connectivity index (χ0n) is 14.7. The van der Waals surface area contributed by atoms with Crippen LogP contribution in [0.4, 0.5) is 22.7 Å². The number of hydrogen-bond acceptors (Lipinski definition) is 8. The summed E-state index contributed by atoms with van der Waals surface area (Å²) in [7, 11) is -4.24. The Balaban J connectivity index is 1.68. The predicted octanol–water partition coefficient (Wildman–Crippen LogP) is 5.28. The minimum atomic E-state index is -4.24. The molecule has 3 aromatic carbocycles. The molecule has 0 unspecified atom stereocenters. The van der Waals surface area contributed by atoms with Gasteiger partial charge in [0, 0.05) is 0 Å². The second-order valence-electron chi connectivity index (χ2n) is 5.75. The highest BCUT2D eigenvalue weighted by Crippen LogP contribution is 2.26. The minimum Gasteiger partial charge on any atom is -0.507 e. The summed E-state index contributed by atoms with van der Waals surface area (Å²) in [6.45, 7) is 0. The first-order chi connectivity index (χ1) is 13.8. The summed E-state index contributed by atoms with van der Waals surface area (Å²) in [5.74, 6) is -0.124. The topological polar surface area (TPSA) is 141 Å². The lowest BCUT2D eigenvalue weighted by Crippen LogP contribution is -1.96. The van der Waals surface area contributed by atoms with Gasteiger partial charge in [0.05, 0.1) is 33.2 Å². The number of hydrogen-bond donors (Lipinski definition) is 2.